The third-order valence-electron chi connectivity index (χ3n) is 3.33. The van der Waals surface area contributed by atoms with Crippen LogP contribution in [0.4, 0.5) is 9.39 Å². The number of rotatable bonds is 2. The number of thiophene rings is 1. The molecule has 112 valence electrons. The van der Waals surface area contributed by atoms with Crippen LogP contribution in [-0.4, -0.2) is 28.6 Å². The molecule has 1 aromatic heterocycles. The van der Waals surface area contributed by atoms with E-state index in [1.807, 2.05) is 5.32 Å². The molecule has 7 nitrogen and oxygen atoms in total. The third-order valence-corrected chi connectivity index (χ3v) is 4.25. The molecule has 1 atom stereocenters. The second kappa shape index (κ2) is 4.78. The molecule has 0 bridgehead atoms. The molecule has 2 aliphatic heterocycles. The first kappa shape index (κ1) is 14.0. The van der Waals surface area contributed by atoms with E-state index in [-0.39, 0.29) is 25.3 Å². The van der Waals surface area contributed by atoms with Crippen molar-refractivity contribution >= 4 is 34.1 Å². The Labute approximate surface area is 123 Å². The van der Waals surface area contributed by atoms with Crippen LogP contribution in [0.25, 0.3) is 0 Å². The minimum Gasteiger partial charge on any atom is -0.401 e. The average Bonchev–Trinajstić information content (AvgIpc) is 2.96. The topological polar surface area (TPSA) is 87.7 Å². The fraction of sp³-hybridized carbons (Fsp3) is 0.417. The predicted molar refractivity (Wildman–Crippen MR) is 71.0 cm³/mol. The number of alkyl halides is 1. The van der Waals surface area contributed by atoms with Gasteiger partial charge in [-0.15, -0.1) is 11.3 Å². The molecule has 0 aromatic carbocycles. The number of hydroxylamine groups is 2. The van der Waals surface area contributed by atoms with Crippen LogP contribution >= 0.6 is 11.3 Å². The van der Waals surface area contributed by atoms with E-state index in [2.05, 4.69) is 5.32 Å². The van der Waals surface area contributed by atoms with Crippen LogP contribution in [-0.2, 0) is 20.9 Å². The third kappa shape index (κ3) is 2.28. The molecule has 0 spiro atoms. The van der Waals surface area contributed by atoms with Gasteiger partial charge < -0.3 is 10.2 Å². The summed E-state index contributed by atoms with van der Waals surface area (Å²) in [6.45, 7) is 1.39. The molecule has 1 fully saturated rings. The molecule has 2 aliphatic rings. The van der Waals surface area contributed by atoms with E-state index in [0.717, 1.165) is 5.06 Å². The van der Waals surface area contributed by atoms with Gasteiger partial charge in [-0.1, -0.05) is 5.06 Å². The highest BCUT2D eigenvalue weighted by atomic mass is 32.1. The van der Waals surface area contributed by atoms with Crippen molar-refractivity contribution < 1.29 is 23.6 Å². The zero-order chi connectivity index (χ0) is 15.2. The van der Waals surface area contributed by atoms with E-state index in [4.69, 9.17) is 4.84 Å². The van der Waals surface area contributed by atoms with E-state index >= 15 is 0 Å². The molecule has 0 radical (unpaired) electrons. The van der Waals surface area contributed by atoms with E-state index in [1.54, 1.807) is 5.38 Å². The van der Waals surface area contributed by atoms with Crippen LogP contribution in [0.3, 0.4) is 0 Å². The van der Waals surface area contributed by atoms with Crippen molar-refractivity contribution in [2.75, 3.05) is 5.32 Å². The number of hydrogen-bond donors (Lipinski definition) is 2. The second-order valence-electron chi connectivity index (χ2n) is 4.85. The van der Waals surface area contributed by atoms with Crippen molar-refractivity contribution in [2.24, 2.45) is 0 Å². The van der Waals surface area contributed by atoms with Crippen LogP contribution in [0, 0.1) is 0 Å². The number of nitrogens with one attached hydrogen (secondary N) is 2. The standard InChI is InChI=1S/C12H12FN3O4S/c1-6(17)14-10-7-4-16(20-8(7)5-21-10)12(13)3-2-9(18)15-11(12)19/h5H,2-4H2,1H3,(H,14,17)(H,15,18,19). The van der Waals surface area contributed by atoms with Gasteiger partial charge in [0, 0.05) is 30.7 Å². The van der Waals surface area contributed by atoms with Gasteiger partial charge in [0.15, 0.2) is 5.75 Å². The van der Waals surface area contributed by atoms with Crippen molar-refractivity contribution in [3.8, 4) is 5.75 Å². The van der Waals surface area contributed by atoms with E-state index in [9.17, 15) is 18.8 Å². The molecule has 21 heavy (non-hydrogen) atoms. The Morgan fingerprint density at radius 2 is 2.33 bits per heavy atom. The van der Waals surface area contributed by atoms with Crippen LogP contribution in [0.2, 0.25) is 0 Å². The summed E-state index contributed by atoms with van der Waals surface area (Å²) in [5.74, 6) is -3.74. The summed E-state index contributed by atoms with van der Waals surface area (Å²) in [5.41, 5.74) is 0.622. The molecule has 1 aromatic rings. The van der Waals surface area contributed by atoms with Gasteiger partial charge in [-0.3, -0.25) is 19.7 Å². The lowest BCUT2D eigenvalue weighted by Gasteiger charge is -2.33. The summed E-state index contributed by atoms with van der Waals surface area (Å²) < 4.78 is 14.8. The number of imide groups is 1. The van der Waals surface area contributed by atoms with Gasteiger partial charge in [-0.05, 0) is 0 Å². The number of fused-ring (bicyclic) bond motifs is 1. The molecule has 0 saturated carbocycles. The largest absolute Gasteiger partial charge is 0.401 e. The molecule has 9 heteroatoms. The fourth-order valence-electron chi connectivity index (χ4n) is 2.27. The zero-order valence-electron chi connectivity index (χ0n) is 11.1. The fourth-order valence-corrected chi connectivity index (χ4v) is 3.19. The minimum absolute atomic E-state index is 0.0204. The average molecular weight is 313 g/mol. The summed E-state index contributed by atoms with van der Waals surface area (Å²) in [7, 11) is 0. The SMILES string of the molecule is CC(=O)Nc1scc2c1CN(C1(F)CCC(=O)NC1=O)O2. The molecule has 1 unspecified atom stereocenters. The number of nitrogens with zero attached hydrogens (tertiary/aromatic N) is 1. The van der Waals surface area contributed by atoms with Crippen LogP contribution in [0.5, 0.6) is 5.75 Å². The van der Waals surface area contributed by atoms with E-state index < -0.39 is 17.6 Å². The number of carbonyl (C=O) groups is 3. The van der Waals surface area contributed by atoms with Crippen LogP contribution in [0.15, 0.2) is 5.38 Å². The molecular weight excluding hydrogens is 301 g/mol. The minimum atomic E-state index is -2.39. The number of halogens is 1. The quantitative estimate of drug-likeness (QED) is 0.626. The van der Waals surface area contributed by atoms with Crippen molar-refractivity contribution in [2.45, 2.75) is 32.1 Å². The van der Waals surface area contributed by atoms with E-state index in [0.29, 0.717) is 16.3 Å². The Morgan fingerprint density at radius 1 is 1.57 bits per heavy atom. The zero-order valence-corrected chi connectivity index (χ0v) is 11.9. The van der Waals surface area contributed by atoms with Crippen molar-refractivity contribution in [1.82, 2.24) is 10.4 Å². The van der Waals surface area contributed by atoms with Gasteiger partial charge in [0.25, 0.3) is 11.7 Å². The highest BCUT2D eigenvalue weighted by Crippen LogP contribution is 2.43. The lowest BCUT2D eigenvalue weighted by atomic mass is 10.0. The van der Waals surface area contributed by atoms with Crippen LogP contribution in [0.1, 0.15) is 25.3 Å². The Kier molecular flexibility index (Phi) is 3.18. The van der Waals surface area contributed by atoms with E-state index in [1.165, 1.54) is 18.3 Å². The van der Waals surface area contributed by atoms with Gasteiger partial charge in [0.1, 0.15) is 5.00 Å². The molecule has 0 aliphatic carbocycles. The van der Waals surface area contributed by atoms with Crippen molar-refractivity contribution in [3.63, 3.8) is 0 Å². The highest BCUT2D eigenvalue weighted by Gasteiger charge is 2.52. The Morgan fingerprint density at radius 3 is 3.00 bits per heavy atom. The molecule has 3 rings (SSSR count). The first-order valence-electron chi connectivity index (χ1n) is 6.27. The maximum absolute atomic E-state index is 14.8. The van der Waals surface area contributed by atoms with Gasteiger partial charge >= 0.3 is 0 Å². The molecule has 2 N–H and O–H groups in total. The van der Waals surface area contributed by atoms with Crippen LogP contribution < -0.4 is 15.5 Å². The maximum Gasteiger partial charge on any atom is 0.282 e. The Hall–Kier alpha value is -2.00. The van der Waals surface area contributed by atoms with Gasteiger partial charge in [-0.2, -0.15) is 0 Å². The molecule has 3 heterocycles. The summed E-state index contributed by atoms with van der Waals surface area (Å²) in [6.07, 6.45) is -0.353. The number of amides is 3. The second-order valence-corrected chi connectivity index (χ2v) is 5.73. The molecule has 1 saturated heterocycles. The Bertz CT molecular complexity index is 646. The highest BCUT2D eigenvalue weighted by molar-refractivity contribution is 7.14. The first-order valence-corrected chi connectivity index (χ1v) is 7.15. The summed E-state index contributed by atoms with van der Waals surface area (Å²) in [4.78, 5) is 39.3. The monoisotopic (exact) mass is 313 g/mol. The summed E-state index contributed by atoms with van der Waals surface area (Å²) in [6, 6.07) is 0. The predicted octanol–water partition coefficient (Wildman–Crippen LogP) is 0.918. The molecular formula is C12H12FN3O4S. The maximum atomic E-state index is 14.8. The molecule has 3 amide bonds. The van der Waals surface area contributed by atoms with Gasteiger partial charge in [0.2, 0.25) is 11.8 Å². The van der Waals surface area contributed by atoms with Gasteiger partial charge in [0.05, 0.1) is 6.54 Å². The van der Waals surface area contributed by atoms with Crippen molar-refractivity contribution in [1.29, 1.82) is 0 Å². The summed E-state index contributed by atoms with van der Waals surface area (Å²) in [5, 5.41) is 7.72. The number of piperidine rings is 1. The van der Waals surface area contributed by atoms with Crippen molar-refractivity contribution in [3.05, 3.63) is 10.9 Å². The smallest absolute Gasteiger partial charge is 0.282 e. The number of hydrogen-bond acceptors (Lipinski definition) is 6. The number of carbonyl (C=O) groups excluding carboxylic acids is 3. The normalized spacial score (nSPS) is 25.2. The summed E-state index contributed by atoms with van der Waals surface area (Å²) >= 11 is 1.27. The lowest BCUT2D eigenvalue weighted by molar-refractivity contribution is -0.208. The Balaban J connectivity index is 1.81. The lowest BCUT2D eigenvalue weighted by Crippen LogP contribution is -2.60. The number of anilines is 1. The van der Waals surface area contributed by atoms with Gasteiger partial charge in [-0.25, -0.2) is 4.39 Å². The first-order chi connectivity index (χ1) is 9.90.